The molecule has 0 aliphatic carbocycles. The lowest BCUT2D eigenvalue weighted by atomic mass is 9.98. The molecule has 1 aromatic carbocycles. The van der Waals surface area contributed by atoms with Crippen LogP contribution in [0.4, 0.5) is 18.9 Å². The van der Waals surface area contributed by atoms with Crippen LogP contribution in [0.15, 0.2) is 24.4 Å². The van der Waals surface area contributed by atoms with Gasteiger partial charge in [-0.2, -0.15) is 18.3 Å². The van der Waals surface area contributed by atoms with Crippen LogP contribution in [0.5, 0.6) is 0 Å². The second-order valence-corrected chi connectivity index (χ2v) is 5.36. The summed E-state index contributed by atoms with van der Waals surface area (Å²) in [5, 5.41) is 15.4. The summed E-state index contributed by atoms with van der Waals surface area (Å²) in [6.45, 7) is 1.48. The Morgan fingerprint density at radius 3 is 2.58 bits per heavy atom. The Balaban J connectivity index is 2.71. The van der Waals surface area contributed by atoms with Crippen molar-refractivity contribution in [1.82, 2.24) is 9.78 Å². The highest BCUT2D eigenvalue weighted by molar-refractivity contribution is 6.01. The SMILES string of the molecule is COCCn1nccc1-c1cc(C(=O)O)c(NC(C)=O)cc1C(F)(F)F. The molecule has 0 radical (unpaired) electrons. The average Bonchev–Trinajstić information content (AvgIpc) is 2.99. The average molecular weight is 371 g/mol. The molecule has 1 aromatic heterocycles. The number of carbonyl (C=O) groups excluding carboxylic acids is 1. The largest absolute Gasteiger partial charge is 0.478 e. The summed E-state index contributed by atoms with van der Waals surface area (Å²) < 4.78 is 46.9. The van der Waals surface area contributed by atoms with Crippen molar-refractivity contribution in [2.75, 3.05) is 19.0 Å². The van der Waals surface area contributed by atoms with Crippen LogP contribution in [0.2, 0.25) is 0 Å². The lowest BCUT2D eigenvalue weighted by Gasteiger charge is -2.18. The van der Waals surface area contributed by atoms with Gasteiger partial charge in [0.05, 0.1) is 35.7 Å². The van der Waals surface area contributed by atoms with E-state index in [1.54, 1.807) is 0 Å². The molecule has 0 saturated heterocycles. The summed E-state index contributed by atoms with van der Waals surface area (Å²) in [6.07, 6.45) is -3.46. The van der Waals surface area contributed by atoms with Crippen LogP contribution >= 0.6 is 0 Å². The Bertz CT molecular complexity index is 831. The van der Waals surface area contributed by atoms with Crippen molar-refractivity contribution in [3.05, 3.63) is 35.5 Å². The number of aromatic nitrogens is 2. The molecule has 0 aliphatic heterocycles. The number of carboxylic acids is 1. The second kappa shape index (κ2) is 7.56. The number of ether oxygens (including phenoxy) is 1. The summed E-state index contributed by atoms with van der Waals surface area (Å²) in [6, 6.07) is 2.86. The van der Waals surface area contributed by atoms with Crippen molar-refractivity contribution in [3.8, 4) is 11.3 Å². The fourth-order valence-electron chi connectivity index (χ4n) is 2.43. The number of hydrogen-bond acceptors (Lipinski definition) is 4. The number of aromatic carboxylic acids is 1. The molecule has 26 heavy (non-hydrogen) atoms. The van der Waals surface area contributed by atoms with Crippen LogP contribution in [0, 0.1) is 0 Å². The highest BCUT2D eigenvalue weighted by Crippen LogP contribution is 2.40. The number of carbonyl (C=O) groups is 2. The van der Waals surface area contributed by atoms with Crippen LogP contribution in [0.25, 0.3) is 11.3 Å². The molecule has 10 heteroatoms. The van der Waals surface area contributed by atoms with Crippen molar-refractivity contribution in [1.29, 1.82) is 0 Å². The van der Waals surface area contributed by atoms with Crippen LogP contribution in [0.3, 0.4) is 0 Å². The van der Waals surface area contributed by atoms with Gasteiger partial charge < -0.3 is 15.2 Å². The van der Waals surface area contributed by atoms with Gasteiger partial charge in [-0.15, -0.1) is 0 Å². The third kappa shape index (κ3) is 4.20. The van der Waals surface area contributed by atoms with E-state index in [0.29, 0.717) is 6.07 Å². The van der Waals surface area contributed by atoms with E-state index >= 15 is 0 Å². The quantitative estimate of drug-likeness (QED) is 0.814. The zero-order valence-electron chi connectivity index (χ0n) is 13.9. The third-order valence-corrected chi connectivity index (χ3v) is 3.50. The normalized spacial score (nSPS) is 11.4. The summed E-state index contributed by atoms with van der Waals surface area (Å²) in [4.78, 5) is 22.7. The van der Waals surface area contributed by atoms with Crippen molar-refractivity contribution in [3.63, 3.8) is 0 Å². The number of benzene rings is 1. The Labute approximate surface area is 146 Å². The zero-order chi connectivity index (χ0) is 19.5. The van der Waals surface area contributed by atoms with Crippen LogP contribution in [-0.2, 0) is 22.3 Å². The van der Waals surface area contributed by atoms with Gasteiger partial charge in [0.2, 0.25) is 5.91 Å². The Morgan fingerprint density at radius 1 is 1.35 bits per heavy atom. The van der Waals surface area contributed by atoms with Gasteiger partial charge in [0.25, 0.3) is 0 Å². The van der Waals surface area contributed by atoms with Gasteiger partial charge in [0, 0.05) is 25.8 Å². The molecule has 0 fully saturated rings. The molecule has 2 aromatic rings. The molecular weight excluding hydrogens is 355 g/mol. The van der Waals surface area contributed by atoms with Crippen molar-refractivity contribution in [2.24, 2.45) is 0 Å². The number of rotatable bonds is 6. The number of methoxy groups -OCH3 is 1. The van der Waals surface area contributed by atoms with Gasteiger partial charge in [-0.3, -0.25) is 9.48 Å². The first-order chi connectivity index (χ1) is 12.1. The first kappa shape index (κ1) is 19.4. The van der Waals surface area contributed by atoms with Gasteiger partial charge in [0.15, 0.2) is 0 Å². The van der Waals surface area contributed by atoms with E-state index in [1.165, 1.54) is 24.1 Å². The monoisotopic (exact) mass is 371 g/mol. The van der Waals surface area contributed by atoms with E-state index in [0.717, 1.165) is 13.0 Å². The molecular formula is C16H16F3N3O4. The Hall–Kier alpha value is -2.88. The minimum Gasteiger partial charge on any atom is -0.478 e. The number of anilines is 1. The molecule has 1 amide bonds. The predicted octanol–water partition coefficient (Wildman–Crippen LogP) is 2.87. The molecule has 0 atom stereocenters. The van der Waals surface area contributed by atoms with E-state index in [2.05, 4.69) is 10.4 Å². The minimum absolute atomic E-state index is 0.0891. The number of amides is 1. The van der Waals surface area contributed by atoms with Crippen molar-refractivity contribution >= 4 is 17.6 Å². The Kier molecular flexibility index (Phi) is 5.66. The van der Waals surface area contributed by atoms with E-state index in [-0.39, 0.29) is 24.4 Å². The summed E-state index contributed by atoms with van der Waals surface area (Å²) >= 11 is 0. The van der Waals surface area contributed by atoms with Crippen LogP contribution in [0.1, 0.15) is 22.8 Å². The van der Waals surface area contributed by atoms with Gasteiger partial charge in [-0.05, 0) is 18.2 Å². The van der Waals surface area contributed by atoms with E-state index in [1.807, 2.05) is 0 Å². The molecule has 2 rings (SSSR count). The molecule has 0 saturated carbocycles. The lowest BCUT2D eigenvalue weighted by Crippen LogP contribution is -2.16. The number of hydrogen-bond donors (Lipinski definition) is 2. The number of halogens is 3. The van der Waals surface area contributed by atoms with E-state index in [9.17, 15) is 27.9 Å². The van der Waals surface area contributed by atoms with Gasteiger partial charge in [0.1, 0.15) is 0 Å². The summed E-state index contributed by atoms with van der Waals surface area (Å²) in [5.74, 6) is -2.15. The van der Waals surface area contributed by atoms with Crippen LogP contribution < -0.4 is 5.32 Å². The molecule has 1 heterocycles. The van der Waals surface area contributed by atoms with Gasteiger partial charge >= 0.3 is 12.1 Å². The molecule has 7 nitrogen and oxygen atoms in total. The van der Waals surface area contributed by atoms with Gasteiger partial charge in [-0.25, -0.2) is 4.79 Å². The summed E-state index contributed by atoms with van der Waals surface area (Å²) in [7, 11) is 1.44. The third-order valence-electron chi connectivity index (χ3n) is 3.50. The lowest BCUT2D eigenvalue weighted by molar-refractivity contribution is -0.137. The topological polar surface area (TPSA) is 93.5 Å². The first-order valence-electron chi connectivity index (χ1n) is 7.42. The van der Waals surface area contributed by atoms with E-state index in [4.69, 9.17) is 4.74 Å². The van der Waals surface area contributed by atoms with Gasteiger partial charge in [-0.1, -0.05) is 0 Å². The number of nitrogens with zero attached hydrogens (tertiary/aromatic N) is 2. The number of nitrogens with one attached hydrogen (secondary N) is 1. The maximum atomic E-state index is 13.6. The fourth-order valence-corrected chi connectivity index (χ4v) is 2.43. The molecule has 140 valence electrons. The number of alkyl halides is 3. The van der Waals surface area contributed by atoms with E-state index < -0.39 is 34.9 Å². The summed E-state index contributed by atoms with van der Waals surface area (Å²) in [5.41, 5.74) is -2.22. The first-order valence-corrected chi connectivity index (χ1v) is 7.42. The molecule has 0 bridgehead atoms. The van der Waals surface area contributed by atoms with Crippen LogP contribution in [-0.4, -0.2) is 40.5 Å². The minimum atomic E-state index is -4.77. The molecule has 0 spiro atoms. The second-order valence-electron chi connectivity index (χ2n) is 5.36. The smallest absolute Gasteiger partial charge is 0.417 e. The van der Waals surface area contributed by atoms with Crippen molar-refractivity contribution in [2.45, 2.75) is 19.6 Å². The molecule has 2 N–H and O–H groups in total. The molecule has 0 aliphatic rings. The maximum Gasteiger partial charge on any atom is 0.417 e. The number of carboxylic acid groups (broad SMARTS) is 1. The highest BCUT2D eigenvalue weighted by atomic mass is 19.4. The highest BCUT2D eigenvalue weighted by Gasteiger charge is 2.36. The maximum absolute atomic E-state index is 13.6. The molecule has 0 unspecified atom stereocenters. The Morgan fingerprint density at radius 2 is 2.04 bits per heavy atom. The zero-order valence-corrected chi connectivity index (χ0v) is 13.9. The van der Waals surface area contributed by atoms with Crippen molar-refractivity contribution < 1.29 is 32.6 Å². The fraction of sp³-hybridized carbons (Fsp3) is 0.312. The predicted molar refractivity (Wildman–Crippen MR) is 85.8 cm³/mol. The standard InChI is InChI=1S/C16H16F3N3O4/c1-9(23)21-13-8-12(16(17,18)19)10(7-11(13)15(24)25)14-3-4-20-22(14)5-6-26-2/h3-4,7-8H,5-6H2,1-2H3,(H,21,23)(H,24,25).